The van der Waals surface area contributed by atoms with Crippen molar-refractivity contribution >= 4 is 0 Å². The highest BCUT2D eigenvalue weighted by Gasteiger charge is 2.42. The zero-order chi connectivity index (χ0) is 10.2. The van der Waals surface area contributed by atoms with Crippen molar-refractivity contribution in [1.29, 1.82) is 0 Å². The number of rotatable bonds is 2. The van der Waals surface area contributed by atoms with Gasteiger partial charge in [0.15, 0.2) is 0 Å². The van der Waals surface area contributed by atoms with Crippen LogP contribution in [0.1, 0.15) is 18.4 Å². The topological polar surface area (TPSA) is 46.2 Å². The van der Waals surface area contributed by atoms with Crippen molar-refractivity contribution in [2.75, 3.05) is 0 Å². The Morgan fingerprint density at radius 1 is 1.50 bits per heavy atom. The first-order valence-electron chi connectivity index (χ1n) is 4.80. The van der Waals surface area contributed by atoms with Crippen LogP contribution in [0.5, 0.6) is 5.75 Å². The second-order valence-electron chi connectivity index (χ2n) is 4.17. The number of hydrogen-bond acceptors (Lipinski definition) is 2. The molecule has 1 aromatic carbocycles. The minimum absolute atomic E-state index is 0.0114. The lowest BCUT2D eigenvalue weighted by Crippen LogP contribution is -2.49. The summed E-state index contributed by atoms with van der Waals surface area (Å²) in [6, 6.07) is 6.75. The summed E-state index contributed by atoms with van der Waals surface area (Å²) in [5.41, 5.74) is 5.24. The van der Waals surface area contributed by atoms with Crippen molar-refractivity contribution in [3.05, 3.63) is 29.8 Å². The Hall–Kier alpha value is -1.09. The van der Waals surface area contributed by atoms with E-state index in [1.165, 1.54) is 0 Å². The Kier molecular flexibility index (Phi) is 2.19. The van der Waals surface area contributed by atoms with Gasteiger partial charge >= 0.3 is 0 Å². The van der Waals surface area contributed by atoms with Gasteiger partial charge in [-0.25, -0.2) is 4.39 Å². The lowest BCUT2D eigenvalue weighted by atomic mass is 9.74. The lowest BCUT2D eigenvalue weighted by Gasteiger charge is -2.39. The van der Waals surface area contributed by atoms with E-state index in [2.05, 4.69) is 0 Å². The van der Waals surface area contributed by atoms with Crippen LogP contribution in [0.3, 0.4) is 0 Å². The summed E-state index contributed by atoms with van der Waals surface area (Å²) < 4.78 is 13.8. The van der Waals surface area contributed by atoms with E-state index in [0.29, 0.717) is 19.3 Å². The van der Waals surface area contributed by atoms with E-state index in [4.69, 9.17) is 5.73 Å². The maximum absolute atomic E-state index is 13.8. The van der Waals surface area contributed by atoms with Gasteiger partial charge in [-0.05, 0) is 30.5 Å². The van der Waals surface area contributed by atoms with Crippen molar-refractivity contribution in [3.63, 3.8) is 0 Å². The number of halogens is 1. The second kappa shape index (κ2) is 3.24. The van der Waals surface area contributed by atoms with E-state index in [1.54, 1.807) is 18.2 Å². The van der Waals surface area contributed by atoms with Gasteiger partial charge in [0.2, 0.25) is 0 Å². The highest BCUT2D eigenvalue weighted by molar-refractivity contribution is 5.28. The fraction of sp³-hybridized carbons (Fsp3) is 0.455. The Morgan fingerprint density at radius 3 is 2.79 bits per heavy atom. The molecule has 14 heavy (non-hydrogen) atoms. The van der Waals surface area contributed by atoms with Gasteiger partial charge in [0.1, 0.15) is 11.4 Å². The number of alkyl halides is 1. The van der Waals surface area contributed by atoms with Crippen molar-refractivity contribution < 1.29 is 9.50 Å². The maximum atomic E-state index is 13.8. The number of benzene rings is 1. The number of phenols is 1. The minimum atomic E-state index is -1.15. The molecule has 3 heteroatoms. The molecule has 1 fully saturated rings. The molecule has 1 aliphatic carbocycles. The van der Waals surface area contributed by atoms with Crippen LogP contribution in [-0.4, -0.2) is 16.8 Å². The van der Waals surface area contributed by atoms with Gasteiger partial charge in [-0.1, -0.05) is 12.1 Å². The number of nitrogens with two attached hydrogens (primary N) is 1. The predicted octanol–water partition coefficient (Wildman–Crippen LogP) is 1.76. The molecule has 1 aliphatic rings. The van der Waals surface area contributed by atoms with Crippen LogP contribution in [0.2, 0.25) is 0 Å². The van der Waals surface area contributed by atoms with E-state index in [1.807, 2.05) is 6.07 Å². The molecule has 0 aromatic heterocycles. The molecular weight excluding hydrogens is 181 g/mol. The molecule has 0 atom stereocenters. The summed E-state index contributed by atoms with van der Waals surface area (Å²) in [7, 11) is 0. The third-order valence-electron chi connectivity index (χ3n) is 2.69. The van der Waals surface area contributed by atoms with Crippen LogP contribution in [0.15, 0.2) is 24.3 Å². The van der Waals surface area contributed by atoms with Crippen LogP contribution in [0.25, 0.3) is 0 Å². The lowest BCUT2D eigenvalue weighted by molar-refractivity contribution is 0.0444. The van der Waals surface area contributed by atoms with E-state index < -0.39 is 5.67 Å². The fourth-order valence-electron chi connectivity index (χ4n) is 2.06. The quantitative estimate of drug-likeness (QED) is 0.755. The second-order valence-corrected chi connectivity index (χ2v) is 4.17. The van der Waals surface area contributed by atoms with Crippen molar-refractivity contribution in [3.8, 4) is 5.75 Å². The maximum Gasteiger partial charge on any atom is 0.118 e. The zero-order valence-corrected chi connectivity index (χ0v) is 7.91. The fourth-order valence-corrected chi connectivity index (χ4v) is 2.06. The van der Waals surface area contributed by atoms with Crippen molar-refractivity contribution in [2.45, 2.75) is 31.0 Å². The van der Waals surface area contributed by atoms with Gasteiger partial charge in [-0.15, -0.1) is 0 Å². The summed E-state index contributed by atoms with van der Waals surface area (Å²) in [5.74, 6) is 0.190. The Balaban J connectivity index is 2.04. The highest BCUT2D eigenvalue weighted by Crippen LogP contribution is 2.38. The van der Waals surface area contributed by atoms with E-state index in [-0.39, 0.29) is 11.8 Å². The van der Waals surface area contributed by atoms with E-state index >= 15 is 0 Å². The highest BCUT2D eigenvalue weighted by atomic mass is 19.1. The predicted molar refractivity (Wildman–Crippen MR) is 52.9 cm³/mol. The molecule has 1 aromatic rings. The minimum Gasteiger partial charge on any atom is -0.508 e. The molecule has 2 rings (SSSR count). The summed E-state index contributed by atoms with van der Waals surface area (Å²) in [5, 5.41) is 9.21. The van der Waals surface area contributed by atoms with Gasteiger partial charge in [0, 0.05) is 12.5 Å². The average molecular weight is 195 g/mol. The molecule has 0 unspecified atom stereocenters. The Labute approximate surface area is 82.5 Å². The van der Waals surface area contributed by atoms with Gasteiger partial charge in [-0.3, -0.25) is 0 Å². The molecule has 0 saturated heterocycles. The van der Waals surface area contributed by atoms with Gasteiger partial charge in [0.05, 0.1) is 0 Å². The van der Waals surface area contributed by atoms with Crippen LogP contribution >= 0.6 is 0 Å². The third kappa shape index (κ3) is 1.87. The monoisotopic (exact) mass is 195 g/mol. The first-order chi connectivity index (χ1) is 6.57. The largest absolute Gasteiger partial charge is 0.508 e. The Morgan fingerprint density at radius 2 is 2.21 bits per heavy atom. The summed E-state index contributed by atoms with van der Waals surface area (Å²) in [4.78, 5) is 0. The molecule has 76 valence electrons. The van der Waals surface area contributed by atoms with Crippen LogP contribution in [0, 0.1) is 0 Å². The zero-order valence-electron chi connectivity index (χ0n) is 7.91. The Bertz CT molecular complexity index is 334. The summed E-state index contributed by atoms with van der Waals surface area (Å²) in [6.07, 6.45) is 1.22. The molecule has 1 saturated carbocycles. The number of phenolic OH excluding ortho intramolecular Hbond substituents is 1. The standard InChI is InChI=1S/C11H14FNO/c12-11(6-9(13)7-11)5-8-2-1-3-10(14)4-8/h1-4,9,14H,5-7,13H2. The van der Waals surface area contributed by atoms with Crippen LogP contribution in [-0.2, 0) is 6.42 Å². The first kappa shape index (κ1) is 9.46. The SMILES string of the molecule is NC1CC(F)(Cc2cccc(O)c2)C1. The van der Waals surface area contributed by atoms with Crippen molar-refractivity contribution in [1.82, 2.24) is 0 Å². The first-order valence-corrected chi connectivity index (χ1v) is 4.80. The summed E-state index contributed by atoms with van der Waals surface area (Å²) >= 11 is 0. The smallest absolute Gasteiger partial charge is 0.118 e. The number of aromatic hydroxyl groups is 1. The van der Waals surface area contributed by atoms with Gasteiger partial charge in [0.25, 0.3) is 0 Å². The molecule has 0 heterocycles. The molecular formula is C11H14FNO. The molecule has 0 aliphatic heterocycles. The molecule has 0 bridgehead atoms. The van der Waals surface area contributed by atoms with Gasteiger partial charge < -0.3 is 10.8 Å². The van der Waals surface area contributed by atoms with Crippen molar-refractivity contribution in [2.24, 2.45) is 5.73 Å². The van der Waals surface area contributed by atoms with E-state index in [0.717, 1.165) is 5.56 Å². The summed E-state index contributed by atoms with van der Waals surface area (Å²) in [6.45, 7) is 0. The molecule has 0 amide bonds. The third-order valence-corrected chi connectivity index (χ3v) is 2.69. The molecule has 2 nitrogen and oxygen atoms in total. The van der Waals surface area contributed by atoms with E-state index in [9.17, 15) is 9.50 Å². The molecule has 0 spiro atoms. The van der Waals surface area contributed by atoms with Gasteiger partial charge in [-0.2, -0.15) is 0 Å². The van der Waals surface area contributed by atoms with Crippen LogP contribution in [0.4, 0.5) is 4.39 Å². The molecule has 0 radical (unpaired) electrons. The number of hydrogen-bond donors (Lipinski definition) is 2. The molecule has 3 N–H and O–H groups in total. The average Bonchev–Trinajstić information content (AvgIpc) is 2.00. The normalized spacial score (nSPS) is 31.1. The van der Waals surface area contributed by atoms with Crippen LogP contribution < -0.4 is 5.73 Å².